The summed E-state index contributed by atoms with van der Waals surface area (Å²) in [4.78, 5) is 38.6. The minimum absolute atomic E-state index is 0.00176. The maximum absolute atomic E-state index is 13.0. The van der Waals surface area contributed by atoms with Crippen molar-refractivity contribution in [1.82, 2.24) is 10.2 Å². The fourth-order valence-corrected chi connectivity index (χ4v) is 5.59. The number of carbonyl (C=O) groups is 3. The van der Waals surface area contributed by atoms with Crippen LogP contribution < -0.4 is 5.32 Å². The first-order chi connectivity index (χ1) is 17.0. The number of fused-ring (bicyclic) bond motifs is 3. The van der Waals surface area contributed by atoms with Gasteiger partial charge in [0, 0.05) is 24.9 Å². The Balaban J connectivity index is 1.15. The molecule has 2 aromatic carbocycles. The van der Waals surface area contributed by atoms with Crippen molar-refractivity contribution in [2.45, 2.75) is 37.6 Å². The zero-order chi connectivity index (χ0) is 24.4. The third-order valence-electron chi connectivity index (χ3n) is 7.48. The summed E-state index contributed by atoms with van der Waals surface area (Å²) >= 11 is 0. The van der Waals surface area contributed by atoms with Gasteiger partial charge in [0.05, 0.1) is 12.0 Å². The van der Waals surface area contributed by atoms with Crippen molar-refractivity contribution in [3.05, 3.63) is 71.8 Å². The third-order valence-corrected chi connectivity index (χ3v) is 7.48. The summed E-state index contributed by atoms with van der Waals surface area (Å²) in [5, 5.41) is 12.1. The van der Waals surface area contributed by atoms with Gasteiger partial charge < -0.3 is 20.1 Å². The van der Waals surface area contributed by atoms with Gasteiger partial charge in [-0.05, 0) is 47.9 Å². The maximum Gasteiger partial charge on any atom is 0.407 e. The number of alkyl carbamates (subject to hydrolysis) is 1. The van der Waals surface area contributed by atoms with Crippen LogP contribution in [0.1, 0.15) is 42.7 Å². The van der Waals surface area contributed by atoms with Crippen molar-refractivity contribution >= 4 is 18.0 Å². The topological polar surface area (TPSA) is 95.9 Å². The van der Waals surface area contributed by atoms with Crippen molar-refractivity contribution in [3.63, 3.8) is 0 Å². The van der Waals surface area contributed by atoms with Crippen molar-refractivity contribution in [2.24, 2.45) is 11.8 Å². The van der Waals surface area contributed by atoms with Gasteiger partial charge in [0.2, 0.25) is 5.91 Å². The molecule has 35 heavy (non-hydrogen) atoms. The normalized spacial score (nSPS) is 21.8. The minimum atomic E-state index is -0.787. The lowest BCUT2D eigenvalue weighted by atomic mass is 9.88. The highest BCUT2D eigenvalue weighted by atomic mass is 16.5. The van der Waals surface area contributed by atoms with Crippen LogP contribution >= 0.6 is 0 Å². The Kier molecular flexibility index (Phi) is 6.57. The Morgan fingerprint density at radius 2 is 1.57 bits per heavy atom. The summed E-state index contributed by atoms with van der Waals surface area (Å²) in [7, 11) is 0. The zero-order valence-corrected chi connectivity index (χ0v) is 19.6. The summed E-state index contributed by atoms with van der Waals surface area (Å²) in [5.74, 6) is -1.34. The van der Waals surface area contributed by atoms with Crippen LogP contribution in [0.25, 0.3) is 11.1 Å². The lowest BCUT2D eigenvalue weighted by Gasteiger charge is -2.34. The molecular formula is C28H30N2O5. The van der Waals surface area contributed by atoms with E-state index in [1.807, 2.05) is 36.4 Å². The monoisotopic (exact) mass is 474 g/mol. The first-order valence-electron chi connectivity index (χ1n) is 12.3. The van der Waals surface area contributed by atoms with E-state index in [9.17, 15) is 19.5 Å². The second-order valence-electron chi connectivity index (χ2n) is 9.61. The third kappa shape index (κ3) is 4.81. The van der Waals surface area contributed by atoms with Crippen LogP contribution in [0.2, 0.25) is 0 Å². The van der Waals surface area contributed by atoms with Crippen LogP contribution in [0.4, 0.5) is 4.79 Å². The molecule has 0 saturated carbocycles. The van der Waals surface area contributed by atoms with E-state index in [-0.39, 0.29) is 36.3 Å². The summed E-state index contributed by atoms with van der Waals surface area (Å²) < 4.78 is 5.65. The molecule has 1 aliphatic heterocycles. The van der Waals surface area contributed by atoms with Crippen molar-refractivity contribution < 1.29 is 24.2 Å². The van der Waals surface area contributed by atoms with Crippen molar-refractivity contribution in [1.29, 1.82) is 0 Å². The Hall–Kier alpha value is -3.61. The van der Waals surface area contributed by atoms with Crippen LogP contribution in [-0.2, 0) is 14.3 Å². The van der Waals surface area contributed by atoms with Crippen LogP contribution in [0, 0.1) is 11.8 Å². The molecular weight excluding hydrogens is 444 g/mol. The molecule has 5 rings (SSSR count). The number of ether oxygens (including phenoxy) is 1. The van der Waals surface area contributed by atoms with Crippen molar-refractivity contribution in [2.75, 3.05) is 19.7 Å². The van der Waals surface area contributed by atoms with Gasteiger partial charge in [0.1, 0.15) is 6.61 Å². The molecule has 0 spiro atoms. The first kappa shape index (κ1) is 23.1. The van der Waals surface area contributed by atoms with Gasteiger partial charge in [-0.2, -0.15) is 0 Å². The highest BCUT2D eigenvalue weighted by Crippen LogP contribution is 2.44. The van der Waals surface area contributed by atoms with E-state index in [4.69, 9.17) is 4.74 Å². The van der Waals surface area contributed by atoms with Gasteiger partial charge in [-0.15, -0.1) is 0 Å². The Bertz CT molecular complexity index is 1110. The van der Waals surface area contributed by atoms with Gasteiger partial charge in [0.15, 0.2) is 0 Å². The summed E-state index contributed by atoms with van der Waals surface area (Å²) in [6.45, 7) is 1.19. The zero-order valence-electron chi connectivity index (χ0n) is 19.6. The van der Waals surface area contributed by atoms with Gasteiger partial charge >= 0.3 is 12.1 Å². The number of benzene rings is 2. The number of rotatable bonds is 5. The number of carboxylic acid groups (broad SMARTS) is 1. The number of nitrogens with one attached hydrogen (secondary N) is 1. The maximum atomic E-state index is 13.0. The molecule has 0 unspecified atom stereocenters. The predicted octanol–water partition coefficient (Wildman–Crippen LogP) is 4.18. The smallest absolute Gasteiger partial charge is 0.407 e. The summed E-state index contributed by atoms with van der Waals surface area (Å²) in [6.07, 6.45) is 5.48. The number of piperidine rings is 1. The van der Waals surface area contributed by atoms with Crippen LogP contribution in [0.5, 0.6) is 0 Å². The molecule has 0 bridgehead atoms. The largest absolute Gasteiger partial charge is 0.481 e. The van der Waals surface area contributed by atoms with E-state index in [1.54, 1.807) is 4.90 Å². The molecule has 1 heterocycles. The number of hydrogen-bond acceptors (Lipinski definition) is 4. The molecule has 2 aliphatic carbocycles. The Labute approximate surface area is 204 Å². The van der Waals surface area contributed by atoms with E-state index in [1.165, 1.54) is 11.1 Å². The fraction of sp³-hybridized carbons (Fsp3) is 0.393. The van der Waals surface area contributed by atoms with Gasteiger partial charge in [-0.1, -0.05) is 60.7 Å². The van der Waals surface area contributed by atoms with Crippen LogP contribution in [0.15, 0.2) is 60.7 Å². The number of likely N-dealkylation sites (tertiary alicyclic amines) is 1. The number of aliphatic carboxylic acids is 1. The van der Waals surface area contributed by atoms with Crippen LogP contribution in [-0.4, -0.2) is 53.7 Å². The molecule has 1 saturated heterocycles. The average molecular weight is 475 g/mol. The molecule has 7 heteroatoms. The number of allylic oxidation sites excluding steroid dienone is 1. The number of carbonyl (C=O) groups excluding carboxylic acids is 2. The van der Waals surface area contributed by atoms with E-state index in [0.717, 1.165) is 11.1 Å². The molecule has 2 aromatic rings. The summed E-state index contributed by atoms with van der Waals surface area (Å²) in [6, 6.07) is 16.1. The van der Waals surface area contributed by atoms with E-state index in [0.29, 0.717) is 38.8 Å². The Morgan fingerprint density at radius 3 is 2.20 bits per heavy atom. The molecule has 1 fully saturated rings. The second-order valence-corrected chi connectivity index (χ2v) is 9.61. The molecule has 3 aliphatic rings. The lowest BCUT2D eigenvalue weighted by molar-refractivity contribution is -0.146. The molecule has 0 aromatic heterocycles. The molecule has 0 radical (unpaired) electrons. The molecule has 7 nitrogen and oxygen atoms in total. The minimum Gasteiger partial charge on any atom is -0.481 e. The Morgan fingerprint density at radius 1 is 0.943 bits per heavy atom. The van der Waals surface area contributed by atoms with Crippen LogP contribution in [0.3, 0.4) is 0 Å². The highest BCUT2D eigenvalue weighted by Gasteiger charge is 2.33. The number of carboxylic acids is 1. The summed E-state index contributed by atoms with van der Waals surface area (Å²) in [5.41, 5.74) is 4.69. The van der Waals surface area contributed by atoms with Gasteiger partial charge in [-0.25, -0.2) is 4.79 Å². The average Bonchev–Trinajstić information content (AvgIpc) is 3.21. The lowest BCUT2D eigenvalue weighted by Crippen LogP contribution is -2.45. The van der Waals surface area contributed by atoms with Crippen molar-refractivity contribution in [3.8, 4) is 11.1 Å². The second kappa shape index (κ2) is 9.94. The van der Waals surface area contributed by atoms with E-state index in [2.05, 4.69) is 29.6 Å². The standard InChI is InChI=1S/C28H30N2O5/c31-26(30-14-12-18(13-15-30)27(32)33)19-6-5-7-20(16-19)29-28(34)35-17-25-23-10-3-1-8-21(23)22-9-2-4-11-24(22)25/h1-5,7-11,18-20,25H,6,12-17H2,(H,29,34)(H,32,33)/t19-,20-/m1/s1. The van der Waals surface area contributed by atoms with Gasteiger partial charge in [0.25, 0.3) is 0 Å². The number of hydrogen-bond donors (Lipinski definition) is 2. The number of amides is 2. The number of nitrogens with zero attached hydrogens (tertiary/aromatic N) is 1. The highest BCUT2D eigenvalue weighted by molar-refractivity contribution is 5.81. The van der Waals surface area contributed by atoms with E-state index < -0.39 is 12.1 Å². The molecule has 2 atom stereocenters. The quantitative estimate of drug-likeness (QED) is 0.634. The molecule has 2 N–H and O–H groups in total. The molecule has 2 amide bonds. The predicted molar refractivity (Wildman–Crippen MR) is 131 cm³/mol. The molecule has 182 valence electrons. The van der Waals surface area contributed by atoms with Gasteiger partial charge in [-0.3, -0.25) is 9.59 Å². The van der Waals surface area contributed by atoms with E-state index >= 15 is 0 Å². The SMILES string of the molecule is O=C(N[C@@H]1C=CC[C@@H](C(=O)N2CCC(C(=O)O)CC2)C1)OCC1c2ccccc2-c2ccccc21. The first-order valence-corrected chi connectivity index (χ1v) is 12.3. The fourth-order valence-electron chi connectivity index (χ4n) is 5.59.